The fourth-order valence-electron chi connectivity index (χ4n) is 1.89. The van der Waals surface area contributed by atoms with Crippen LogP contribution in [0.3, 0.4) is 0 Å². The summed E-state index contributed by atoms with van der Waals surface area (Å²) in [6.45, 7) is 2.51. The minimum atomic E-state index is -0.231. The van der Waals surface area contributed by atoms with Gasteiger partial charge in [0, 0.05) is 19.8 Å². The van der Waals surface area contributed by atoms with E-state index in [1.807, 2.05) is 31.0 Å². The van der Waals surface area contributed by atoms with Crippen LogP contribution in [0.1, 0.15) is 11.1 Å². The molecule has 0 aliphatic rings. The van der Waals surface area contributed by atoms with E-state index in [9.17, 15) is 4.39 Å². The van der Waals surface area contributed by atoms with Gasteiger partial charge in [0.1, 0.15) is 5.82 Å². The standard InChI is InChI=1S/C14H16FN3/c1-10-6-13(16)14(17-8-10)18(2)9-11-4-3-5-12(15)7-11/h3-8H,9,16H2,1-2H3. The lowest BCUT2D eigenvalue weighted by atomic mass is 10.2. The Hall–Kier alpha value is -2.10. The highest BCUT2D eigenvalue weighted by atomic mass is 19.1. The summed E-state index contributed by atoms with van der Waals surface area (Å²) < 4.78 is 13.1. The Morgan fingerprint density at radius 3 is 2.78 bits per heavy atom. The minimum Gasteiger partial charge on any atom is -0.396 e. The van der Waals surface area contributed by atoms with Gasteiger partial charge in [-0.1, -0.05) is 12.1 Å². The van der Waals surface area contributed by atoms with Crippen LogP contribution in [-0.4, -0.2) is 12.0 Å². The van der Waals surface area contributed by atoms with E-state index in [1.54, 1.807) is 12.3 Å². The van der Waals surface area contributed by atoms with Crippen molar-refractivity contribution >= 4 is 11.5 Å². The van der Waals surface area contributed by atoms with E-state index < -0.39 is 0 Å². The first-order valence-electron chi connectivity index (χ1n) is 5.74. The maximum atomic E-state index is 13.1. The van der Waals surface area contributed by atoms with Gasteiger partial charge in [-0.25, -0.2) is 9.37 Å². The zero-order valence-corrected chi connectivity index (χ0v) is 10.5. The molecule has 4 heteroatoms. The van der Waals surface area contributed by atoms with E-state index in [2.05, 4.69) is 4.98 Å². The number of hydrogen-bond donors (Lipinski definition) is 1. The van der Waals surface area contributed by atoms with Gasteiger partial charge in [0.25, 0.3) is 0 Å². The van der Waals surface area contributed by atoms with Crippen LogP contribution in [0.4, 0.5) is 15.9 Å². The molecule has 0 saturated heterocycles. The molecule has 0 fully saturated rings. The van der Waals surface area contributed by atoms with Gasteiger partial charge < -0.3 is 10.6 Å². The summed E-state index contributed by atoms with van der Waals surface area (Å²) in [5.74, 6) is 0.482. The van der Waals surface area contributed by atoms with Gasteiger partial charge in [-0.05, 0) is 36.2 Å². The highest BCUT2D eigenvalue weighted by Gasteiger charge is 2.08. The van der Waals surface area contributed by atoms with E-state index in [0.717, 1.165) is 11.1 Å². The van der Waals surface area contributed by atoms with Crippen LogP contribution in [0.5, 0.6) is 0 Å². The SMILES string of the molecule is Cc1cnc(N(C)Cc2cccc(F)c2)c(N)c1. The monoisotopic (exact) mass is 245 g/mol. The van der Waals surface area contributed by atoms with Crippen LogP contribution in [0.2, 0.25) is 0 Å². The highest BCUT2D eigenvalue weighted by Crippen LogP contribution is 2.21. The Labute approximate surface area is 106 Å². The second-order valence-electron chi connectivity index (χ2n) is 4.41. The lowest BCUT2D eigenvalue weighted by Gasteiger charge is -2.20. The third kappa shape index (κ3) is 2.77. The van der Waals surface area contributed by atoms with Crippen LogP contribution >= 0.6 is 0 Å². The highest BCUT2D eigenvalue weighted by molar-refractivity contribution is 5.63. The zero-order valence-electron chi connectivity index (χ0n) is 10.5. The normalized spacial score (nSPS) is 10.4. The molecule has 0 saturated carbocycles. The van der Waals surface area contributed by atoms with Crippen molar-refractivity contribution in [2.75, 3.05) is 17.7 Å². The van der Waals surface area contributed by atoms with Crippen LogP contribution in [0.25, 0.3) is 0 Å². The summed E-state index contributed by atoms with van der Waals surface area (Å²) in [6, 6.07) is 8.40. The van der Waals surface area contributed by atoms with Crippen LogP contribution in [0, 0.1) is 12.7 Å². The molecule has 0 radical (unpaired) electrons. The van der Waals surface area contributed by atoms with Crippen molar-refractivity contribution in [2.45, 2.75) is 13.5 Å². The van der Waals surface area contributed by atoms with E-state index in [-0.39, 0.29) is 5.82 Å². The number of nitrogen functional groups attached to an aromatic ring is 1. The van der Waals surface area contributed by atoms with Gasteiger partial charge in [0.05, 0.1) is 5.69 Å². The topological polar surface area (TPSA) is 42.2 Å². The fraction of sp³-hybridized carbons (Fsp3) is 0.214. The molecule has 2 N–H and O–H groups in total. The molecule has 1 aromatic heterocycles. The maximum Gasteiger partial charge on any atom is 0.151 e. The second-order valence-corrected chi connectivity index (χ2v) is 4.41. The third-order valence-corrected chi connectivity index (χ3v) is 2.70. The summed E-state index contributed by atoms with van der Waals surface area (Å²) in [5.41, 5.74) is 8.47. The van der Waals surface area contributed by atoms with Crippen molar-refractivity contribution in [2.24, 2.45) is 0 Å². The molecule has 0 aliphatic carbocycles. The lowest BCUT2D eigenvalue weighted by Crippen LogP contribution is -2.19. The molecule has 1 aromatic carbocycles. The van der Waals surface area contributed by atoms with E-state index in [0.29, 0.717) is 18.1 Å². The number of aromatic nitrogens is 1. The predicted molar refractivity (Wildman–Crippen MR) is 71.9 cm³/mol. The van der Waals surface area contributed by atoms with Crippen molar-refractivity contribution in [3.63, 3.8) is 0 Å². The van der Waals surface area contributed by atoms with Gasteiger partial charge >= 0.3 is 0 Å². The molecule has 0 spiro atoms. The van der Waals surface area contributed by atoms with Gasteiger partial charge in [0.15, 0.2) is 5.82 Å². The molecular weight excluding hydrogens is 229 g/mol. The van der Waals surface area contributed by atoms with Crippen molar-refractivity contribution in [3.05, 3.63) is 53.5 Å². The molecule has 0 unspecified atom stereocenters. The number of hydrogen-bond acceptors (Lipinski definition) is 3. The Bertz CT molecular complexity index is 554. The first-order valence-corrected chi connectivity index (χ1v) is 5.74. The first kappa shape index (κ1) is 12.4. The number of aryl methyl sites for hydroxylation is 1. The summed E-state index contributed by atoms with van der Waals surface area (Å²) in [7, 11) is 1.89. The number of nitrogens with two attached hydrogens (primary N) is 1. The minimum absolute atomic E-state index is 0.231. The number of anilines is 2. The van der Waals surface area contributed by atoms with E-state index >= 15 is 0 Å². The van der Waals surface area contributed by atoms with Gasteiger partial charge in [-0.2, -0.15) is 0 Å². The number of pyridine rings is 1. The predicted octanol–water partition coefficient (Wildman–Crippen LogP) is 2.75. The summed E-state index contributed by atoms with van der Waals surface area (Å²) in [5, 5.41) is 0. The second kappa shape index (κ2) is 5.04. The van der Waals surface area contributed by atoms with Crippen molar-refractivity contribution < 1.29 is 4.39 Å². The van der Waals surface area contributed by atoms with Gasteiger partial charge in [-0.3, -0.25) is 0 Å². The van der Waals surface area contributed by atoms with E-state index in [1.165, 1.54) is 12.1 Å². The van der Waals surface area contributed by atoms with Gasteiger partial charge in [0.2, 0.25) is 0 Å². The van der Waals surface area contributed by atoms with Crippen LogP contribution in [-0.2, 0) is 6.54 Å². The molecule has 94 valence electrons. The first-order chi connectivity index (χ1) is 8.56. The molecular formula is C14H16FN3. The number of halogens is 1. The smallest absolute Gasteiger partial charge is 0.151 e. The Morgan fingerprint density at radius 2 is 2.11 bits per heavy atom. The molecule has 0 atom stereocenters. The van der Waals surface area contributed by atoms with E-state index in [4.69, 9.17) is 5.73 Å². The van der Waals surface area contributed by atoms with Crippen LogP contribution < -0.4 is 10.6 Å². The quantitative estimate of drug-likeness (QED) is 0.904. The molecule has 18 heavy (non-hydrogen) atoms. The van der Waals surface area contributed by atoms with Crippen molar-refractivity contribution in [1.29, 1.82) is 0 Å². The molecule has 0 amide bonds. The summed E-state index contributed by atoms with van der Waals surface area (Å²) in [4.78, 5) is 6.21. The van der Waals surface area contributed by atoms with Crippen molar-refractivity contribution in [3.8, 4) is 0 Å². The average Bonchev–Trinajstić information content (AvgIpc) is 2.28. The molecule has 0 bridgehead atoms. The largest absolute Gasteiger partial charge is 0.396 e. The summed E-state index contributed by atoms with van der Waals surface area (Å²) >= 11 is 0. The average molecular weight is 245 g/mol. The third-order valence-electron chi connectivity index (χ3n) is 2.70. The summed E-state index contributed by atoms with van der Waals surface area (Å²) in [6.07, 6.45) is 1.77. The number of nitrogens with zero attached hydrogens (tertiary/aromatic N) is 2. The molecule has 2 aromatic rings. The fourth-order valence-corrected chi connectivity index (χ4v) is 1.89. The molecule has 3 nitrogen and oxygen atoms in total. The van der Waals surface area contributed by atoms with Crippen LogP contribution in [0.15, 0.2) is 36.5 Å². The number of benzene rings is 1. The Morgan fingerprint density at radius 1 is 1.33 bits per heavy atom. The zero-order chi connectivity index (χ0) is 13.1. The molecule has 0 aliphatic heterocycles. The maximum absolute atomic E-state index is 13.1. The molecule has 1 heterocycles. The number of rotatable bonds is 3. The lowest BCUT2D eigenvalue weighted by molar-refractivity contribution is 0.625. The van der Waals surface area contributed by atoms with Gasteiger partial charge in [-0.15, -0.1) is 0 Å². The Balaban J connectivity index is 2.19. The molecule has 2 rings (SSSR count). The van der Waals surface area contributed by atoms with Crippen molar-refractivity contribution in [1.82, 2.24) is 4.98 Å². The Kier molecular flexibility index (Phi) is 3.46.